The third kappa shape index (κ3) is 2.82. The lowest BCUT2D eigenvalue weighted by molar-refractivity contribution is 0.266. The Kier molecular flexibility index (Phi) is 4.23. The molecular weight excluding hydrogens is 338 g/mol. The first-order valence-electron chi connectivity index (χ1n) is 7.71. The van der Waals surface area contributed by atoms with Crippen molar-refractivity contribution in [2.24, 2.45) is 0 Å². The summed E-state index contributed by atoms with van der Waals surface area (Å²) >= 11 is 3.18. The lowest BCUT2D eigenvalue weighted by Gasteiger charge is -2.47. The average Bonchev–Trinajstić information content (AvgIpc) is 2.91. The molecule has 1 atom stereocenters. The minimum absolute atomic E-state index is 0.110. The standard InChI is InChI=1S/C16H21BrF2N2/c1-2-11-9-20-16(5-3-4-6-16)10-21(11)15-7-12(17)13(18)8-14(15)19/h7-8,11,20H,2-6,9-10H2,1H3. The van der Waals surface area contributed by atoms with Crippen LogP contribution in [0.25, 0.3) is 0 Å². The average molecular weight is 359 g/mol. The number of halogens is 3. The lowest BCUT2D eigenvalue weighted by Crippen LogP contribution is -2.63. The fourth-order valence-corrected chi connectivity index (χ4v) is 4.05. The largest absolute Gasteiger partial charge is 0.363 e. The van der Waals surface area contributed by atoms with E-state index in [2.05, 4.69) is 33.1 Å². The molecule has 1 N–H and O–H groups in total. The van der Waals surface area contributed by atoms with Gasteiger partial charge in [0.25, 0.3) is 0 Å². The summed E-state index contributed by atoms with van der Waals surface area (Å²) in [6, 6.07) is 2.82. The molecular formula is C16H21BrF2N2. The minimum atomic E-state index is -0.546. The van der Waals surface area contributed by atoms with Crippen molar-refractivity contribution in [2.45, 2.75) is 50.6 Å². The highest BCUT2D eigenvalue weighted by molar-refractivity contribution is 9.10. The summed E-state index contributed by atoms with van der Waals surface area (Å²) in [6.07, 6.45) is 5.69. The molecule has 1 saturated carbocycles. The van der Waals surface area contributed by atoms with Crippen molar-refractivity contribution in [1.29, 1.82) is 0 Å². The van der Waals surface area contributed by atoms with E-state index in [1.165, 1.54) is 12.8 Å². The minimum Gasteiger partial charge on any atom is -0.363 e. The topological polar surface area (TPSA) is 15.3 Å². The molecule has 3 rings (SSSR count). The van der Waals surface area contributed by atoms with Crippen LogP contribution in [0.15, 0.2) is 16.6 Å². The summed E-state index contributed by atoms with van der Waals surface area (Å²) in [4.78, 5) is 2.14. The van der Waals surface area contributed by atoms with Gasteiger partial charge in [0, 0.05) is 30.7 Å². The van der Waals surface area contributed by atoms with Crippen molar-refractivity contribution in [3.05, 3.63) is 28.2 Å². The Morgan fingerprint density at radius 1 is 1.29 bits per heavy atom. The third-order valence-electron chi connectivity index (χ3n) is 4.96. The molecule has 1 aromatic rings. The van der Waals surface area contributed by atoms with Crippen molar-refractivity contribution in [3.8, 4) is 0 Å². The summed E-state index contributed by atoms with van der Waals surface area (Å²) in [5.74, 6) is -1.01. The predicted octanol–water partition coefficient (Wildman–Crippen LogP) is 4.23. The van der Waals surface area contributed by atoms with Crippen molar-refractivity contribution >= 4 is 21.6 Å². The molecule has 0 amide bonds. The zero-order valence-corrected chi connectivity index (χ0v) is 13.8. The molecule has 0 bridgehead atoms. The van der Waals surface area contributed by atoms with Gasteiger partial charge in [0.15, 0.2) is 0 Å². The van der Waals surface area contributed by atoms with Crippen molar-refractivity contribution in [3.63, 3.8) is 0 Å². The van der Waals surface area contributed by atoms with E-state index >= 15 is 0 Å². The molecule has 0 aromatic heterocycles. The summed E-state index contributed by atoms with van der Waals surface area (Å²) in [6.45, 7) is 3.79. The SMILES string of the molecule is CCC1CNC2(CCCC2)CN1c1cc(Br)c(F)cc1F. The molecule has 1 saturated heterocycles. The normalized spacial score (nSPS) is 24.8. The van der Waals surface area contributed by atoms with Gasteiger partial charge in [-0.2, -0.15) is 0 Å². The zero-order valence-electron chi connectivity index (χ0n) is 12.3. The van der Waals surface area contributed by atoms with Crippen LogP contribution in [0.3, 0.4) is 0 Å². The second-order valence-corrected chi connectivity index (χ2v) is 7.13. The Morgan fingerprint density at radius 2 is 2.00 bits per heavy atom. The molecule has 1 unspecified atom stereocenters. The molecule has 1 aliphatic carbocycles. The monoisotopic (exact) mass is 358 g/mol. The van der Waals surface area contributed by atoms with E-state index < -0.39 is 11.6 Å². The second kappa shape index (κ2) is 5.84. The van der Waals surface area contributed by atoms with Gasteiger partial charge in [-0.15, -0.1) is 0 Å². The molecule has 1 spiro atoms. The first kappa shape index (κ1) is 15.2. The Bertz CT molecular complexity index is 529. The van der Waals surface area contributed by atoms with Gasteiger partial charge in [0.2, 0.25) is 0 Å². The smallest absolute Gasteiger partial charge is 0.149 e. The number of piperazine rings is 1. The third-order valence-corrected chi connectivity index (χ3v) is 5.57. The van der Waals surface area contributed by atoms with E-state index in [-0.39, 0.29) is 11.6 Å². The Hall–Kier alpha value is -0.680. The fraction of sp³-hybridized carbons (Fsp3) is 0.625. The van der Waals surface area contributed by atoms with Gasteiger partial charge in [-0.1, -0.05) is 19.8 Å². The Balaban J connectivity index is 1.94. The summed E-state index contributed by atoms with van der Waals surface area (Å²) in [5, 5.41) is 3.69. The lowest BCUT2D eigenvalue weighted by atomic mass is 9.91. The molecule has 5 heteroatoms. The van der Waals surface area contributed by atoms with E-state index in [1.54, 1.807) is 6.07 Å². The van der Waals surface area contributed by atoms with Crippen LogP contribution in [0.1, 0.15) is 39.0 Å². The van der Waals surface area contributed by atoms with Crippen molar-refractivity contribution in [1.82, 2.24) is 5.32 Å². The number of nitrogens with zero attached hydrogens (tertiary/aromatic N) is 1. The van der Waals surface area contributed by atoms with Crippen LogP contribution in [-0.2, 0) is 0 Å². The molecule has 116 valence electrons. The van der Waals surface area contributed by atoms with E-state index in [4.69, 9.17) is 0 Å². The molecule has 1 heterocycles. The van der Waals surface area contributed by atoms with Gasteiger partial charge in [0.1, 0.15) is 11.6 Å². The maximum atomic E-state index is 14.3. The molecule has 21 heavy (non-hydrogen) atoms. The molecule has 1 aliphatic heterocycles. The number of rotatable bonds is 2. The highest BCUT2D eigenvalue weighted by Gasteiger charge is 2.41. The van der Waals surface area contributed by atoms with Crippen LogP contribution >= 0.6 is 15.9 Å². The van der Waals surface area contributed by atoms with Gasteiger partial charge in [-0.3, -0.25) is 0 Å². The van der Waals surface area contributed by atoms with Crippen LogP contribution in [0.5, 0.6) is 0 Å². The molecule has 1 aromatic carbocycles. The number of anilines is 1. The number of nitrogens with one attached hydrogen (secondary N) is 1. The zero-order chi connectivity index (χ0) is 15.0. The van der Waals surface area contributed by atoms with Crippen LogP contribution in [0.4, 0.5) is 14.5 Å². The number of hydrogen-bond donors (Lipinski definition) is 1. The Labute approximate surface area is 133 Å². The highest BCUT2D eigenvalue weighted by atomic mass is 79.9. The maximum absolute atomic E-state index is 14.3. The van der Waals surface area contributed by atoms with E-state index in [1.807, 2.05) is 0 Å². The summed E-state index contributed by atoms with van der Waals surface area (Å²) < 4.78 is 28.1. The highest BCUT2D eigenvalue weighted by Crippen LogP contribution is 2.37. The van der Waals surface area contributed by atoms with Crippen molar-refractivity contribution < 1.29 is 8.78 Å². The van der Waals surface area contributed by atoms with Gasteiger partial charge in [-0.05, 0) is 41.3 Å². The van der Waals surface area contributed by atoms with E-state index in [0.717, 1.165) is 38.4 Å². The molecule has 0 radical (unpaired) electrons. The fourth-order valence-electron chi connectivity index (χ4n) is 3.72. The first-order valence-corrected chi connectivity index (χ1v) is 8.50. The van der Waals surface area contributed by atoms with Gasteiger partial charge < -0.3 is 10.2 Å². The summed E-state index contributed by atoms with van der Waals surface area (Å²) in [7, 11) is 0. The molecule has 2 aliphatic rings. The van der Waals surface area contributed by atoms with Gasteiger partial charge in [-0.25, -0.2) is 8.78 Å². The summed E-state index contributed by atoms with van der Waals surface area (Å²) in [5.41, 5.74) is 0.627. The van der Waals surface area contributed by atoms with Crippen LogP contribution < -0.4 is 10.2 Å². The Morgan fingerprint density at radius 3 is 2.67 bits per heavy atom. The predicted molar refractivity (Wildman–Crippen MR) is 84.7 cm³/mol. The maximum Gasteiger partial charge on any atom is 0.149 e. The first-order chi connectivity index (χ1) is 10.0. The quantitative estimate of drug-likeness (QED) is 0.795. The number of hydrogen-bond acceptors (Lipinski definition) is 2. The van der Waals surface area contributed by atoms with Gasteiger partial charge in [0.05, 0.1) is 10.2 Å². The van der Waals surface area contributed by atoms with Crippen LogP contribution in [0.2, 0.25) is 0 Å². The van der Waals surface area contributed by atoms with Crippen molar-refractivity contribution in [2.75, 3.05) is 18.0 Å². The molecule has 2 nitrogen and oxygen atoms in total. The van der Waals surface area contributed by atoms with Gasteiger partial charge >= 0.3 is 0 Å². The van der Waals surface area contributed by atoms with Crippen LogP contribution in [0, 0.1) is 11.6 Å². The van der Waals surface area contributed by atoms with E-state index in [0.29, 0.717) is 10.2 Å². The van der Waals surface area contributed by atoms with E-state index in [9.17, 15) is 8.78 Å². The van der Waals surface area contributed by atoms with Crippen LogP contribution in [-0.4, -0.2) is 24.7 Å². The second-order valence-electron chi connectivity index (χ2n) is 6.28. The molecule has 2 fully saturated rings. The number of benzene rings is 1.